The monoisotopic (exact) mass is 493 g/mol. The molecule has 1 aliphatic carbocycles. The molecule has 1 saturated carbocycles. The average molecular weight is 494 g/mol. The van der Waals surface area contributed by atoms with Crippen LogP contribution in [0, 0.1) is 11.6 Å². The summed E-state index contributed by atoms with van der Waals surface area (Å²) in [5.74, 6) is -1.60. The van der Waals surface area contributed by atoms with Gasteiger partial charge in [0, 0.05) is 5.56 Å². The van der Waals surface area contributed by atoms with E-state index in [1.165, 1.54) is 36.2 Å². The third-order valence-corrected chi connectivity index (χ3v) is 7.18. The van der Waals surface area contributed by atoms with E-state index in [4.69, 9.17) is 11.6 Å². The number of benzene rings is 2. The maximum atomic E-state index is 14.7. The predicted molar refractivity (Wildman–Crippen MR) is 127 cm³/mol. The molecule has 0 unspecified atom stereocenters. The first-order valence-electron chi connectivity index (χ1n) is 10.3. The third-order valence-electron chi connectivity index (χ3n) is 5.79. The second kappa shape index (κ2) is 8.96. The summed E-state index contributed by atoms with van der Waals surface area (Å²) in [6.07, 6.45) is 2.22. The van der Waals surface area contributed by atoms with Gasteiger partial charge < -0.3 is 15.7 Å². The van der Waals surface area contributed by atoms with Crippen LogP contribution in [-0.2, 0) is 5.54 Å². The largest absolute Gasteiger partial charge is 0.505 e. The minimum atomic E-state index is -1.15. The molecule has 0 atom stereocenters. The molecule has 0 spiro atoms. The third kappa shape index (κ3) is 4.20. The fourth-order valence-electron chi connectivity index (χ4n) is 4.29. The van der Waals surface area contributed by atoms with Crippen molar-refractivity contribution in [3.8, 4) is 5.75 Å². The van der Waals surface area contributed by atoms with Gasteiger partial charge in [-0.05, 0) is 63.2 Å². The first-order valence-corrected chi connectivity index (χ1v) is 11.5. The van der Waals surface area contributed by atoms with Crippen LogP contribution < -0.4 is 21.5 Å². The number of halogens is 3. The Morgan fingerprint density at radius 2 is 1.64 bits per heavy atom. The van der Waals surface area contributed by atoms with Gasteiger partial charge in [0.15, 0.2) is 5.75 Å². The molecule has 0 amide bonds. The number of nitrogens with one attached hydrogen (secondary N) is 2. The standard InChI is InChI=1S/C23H22ClF2N3O3S/c1-29(2)33-22-12(24)8-9-15(19(22)30)27-17-18(21(32)20(17)31)28-23(10-3-4-11-23)16-13(25)6-5-7-14(16)26/h5-9,27-28,30H,3-4,10-11H2,1-2H3. The van der Waals surface area contributed by atoms with Crippen LogP contribution in [0.3, 0.4) is 0 Å². The summed E-state index contributed by atoms with van der Waals surface area (Å²) in [7, 11) is 3.56. The number of rotatable bonds is 7. The van der Waals surface area contributed by atoms with Crippen LogP contribution in [-0.4, -0.2) is 23.5 Å². The fraction of sp³-hybridized carbons (Fsp3) is 0.304. The molecule has 3 aromatic carbocycles. The Hall–Kier alpha value is -2.62. The maximum absolute atomic E-state index is 14.7. The zero-order valence-electron chi connectivity index (χ0n) is 18.0. The van der Waals surface area contributed by atoms with E-state index >= 15 is 0 Å². The number of hydrogen-bond donors (Lipinski definition) is 3. The van der Waals surface area contributed by atoms with E-state index in [0.29, 0.717) is 35.6 Å². The first kappa shape index (κ1) is 23.5. The minimum Gasteiger partial charge on any atom is -0.505 e. The maximum Gasteiger partial charge on any atom is 0.253 e. The van der Waals surface area contributed by atoms with E-state index < -0.39 is 28.0 Å². The molecule has 0 heterocycles. The summed E-state index contributed by atoms with van der Waals surface area (Å²) in [6, 6.07) is 6.68. The lowest BCUT2D eigenvalue weighted by Crippen LogP contribution is -2.43. The van der Waals surface area contributed by atoms with Gasteiger partial charge in [-0.25, -0.2) is 8.78 Å². The highest BCUT2D eigenvalue weighted by atomic mass is 35.5. The molecule has 10 heteroatoms. The summed E-state index contributed by atoms with van der Waals surface area (Å²) in [5, 5.41) is 16.8. The van der Waals surface area contributed by atoms with Gasteiger partial charge in [0.2, 0.25) is 0 Å². The van der Waals surface area contributed by atoms with Crippen molar-refractivity contribution in [2.75, 3.05) is 24.7 Å². The highest BCUT2D eigenvalue weighted by molar-refractivity contribution is 7.97. The summed E-state index contributed by atoms with van der Waals surface area (Å²) < 4.78 is 31.1. The molecular weight excluding hydrogens is 472 g/mol. The molecule has 4 rings (SSSR count). The van der Waals surface area contributed by atoms with Crippen LogP contribution in [0.5, 0.6) is 5.75 Å². The Balaban J connectivity index is 1.72. The van der Waals surface area contributed by atoms with Gasteiger partial charge in [-0.15, -0.1) is 0 Å². The molecule has 1 aliphatic rings. The molecule has 0 aromatic heterocycles. The highest BCUT2D eigenvalue weighted by Crippen LogP contribution is 2.45. The van der Waals surface area contributed by atoms with E-state index in [9.17, 15) is 23.5 Å². The minimum absolute atomic E-state index is 0.0549. The van der Waals surface area contributed by atoms with E-state index in [0.717, 1.165) is 0 Å². The van der Waals surface area contributed by atoms with Gasteiger partial charge in [0.25, 0.3) is 10.9 Å². The lowest BCUT2D eigenvalue weighted by Gasteiger charge is -2.34. The Morgan fingerprint density at radius 3 is 2.24 bits per heavy atom. The summed E-state index contributed by atoms with van der Waals surface area (Å²) in [4.78, 5) is 25.2. The number of phenolic OH excluding ortho intramolecular Hbond substituents is 1. The molecule has 33 heavy (non-hydrogen) atoms. The van der Waals surface area contributed by atoms with Crippen LogP contribution in [0.1, 0.15) is 31.2 Å². The van der Waals surface area contributed by atoms with Crippen LogP contribution >= 0.6 is 23.5 Å². The molecule has 3 N–H and O–H groups in total. The topological polar surface area (TPSA) is 81.7 Å². The fourth-order valence-corrected chi connectivity index (χ4v) is 5.26. The van der Waals surface area contributed by atoms with Crippen molar-refractivity contribution in [3.05, 3.63) is 73.0 Å². The van der Waals surface area contributed by atoms with Crippen molar-refractivity contribution in [2.24, 2.45) is 0 Å². The van der Waals surface area contributed by atoms with Crippen LogP contribution in [0.4, 0.5) is 25.8 Å². The van der Waals surface area contributed by atoms with Gasteiger partial charge in [0.1, 0.15) is 23.0 Å². The first-order chi connectivity index (χ1) is 15.6. The van der Waals surface area contributed by atoms with E-state index in [1.54, 1.807) is 24.5 Å². The Labute approximate surface area is 198 Å². The van der Waals surface area contributed by atoms with Crippen molar-refractivity contribution in [3.63, 3.8) is 0 Å². The lowest BCUT2D eigenvalue weighted by atomic mass is 9.86. The van der Waals surface area contributed by atoms with Crippen LogP contribution in [0.2, 0.25) is 5.02 Å². The molecule has 0 bridgehead atoms. The molecule has 0 aliphatic heterocycles. The zero-order chi connectivity index (χ0) is 23.9. The second-order valence-corrected chi connectivity index (χ2v) is 9.95. The summed E-state index contributed by atoms with van der Waals surface area (Å²) >= 11 is 7.38. The van der Waals surface area contributed by atoms with Crippen LogP contribution in [0.25, 0.3) is 0 Å². The van der Waals surface area contributed by atoms with Crippen molar-refractivity contribution >= 4 is 40.6 Å². The lowest BCUT2D eigenvalue weighted by molar-refractivity contribution is 0.436. The molecule has 6 nitrogen and oxygen atoms in total. The molecule has 3 aromatic rings. The predicted octanol–water partition coefficient (Wildman–Crippen LogP) is 5.11. The molecular formula is C23H22ClF2N3O3S. The smallest absolute Gasteiger partial charge is 0.253 e. The van der Waals surface area contributed by atoms with Crippen LogP contribution in [0.15, 0.2) is 44.8 Å². The molecule has 174 valence electrons. The molecule has 0 saturated heterocycles. The number of anilines is 3. The van der Waals surface area contributed by atoms with Gasteiger partial charge in [-0.2, -0.15) is 0 Å². The second-order valence-electron chi connectivity index (χ2n) is 8.22. The van der Waals surface area contributed by atoms with Crippen molar-refractivity contribution in [1.82, 2.24) is 4.31 Å². The van der Waals surface area contributed by atoms with Crippen molar-refractivity contribution in [1.29, 1.82) is 0 Å². The van der Waals surface area contributed by atoms with Gasteiger partial charge >= 0.3 is 0 Å². The summed E-state index contributed by atoms with van der Waals surface area (Å²) in [6.45, 7) is 0. The normalized spacial score (nSPS) is 15.3. The number of aromatic hydroxyl groups is 1. The zero-order valence-corrected chi connectivity index (χ0v) is 19.5. The van der Waals surface area contributed by atoms with E-state index in [1.807, 2.05) is 0 Å². The molecule has 0 radical (unpaired) electrons. The van der Waals surface area contributed by atoms with E-state index in [-0.39, 0.29) is 28.4 Å². The highest BCUT2D eigenvalue weighted by Gasteiger charge is 2.42. The number of hydrogen-bond acceptors (Lipinski definition) is 7. The summed E-state index contributed by atoms with van der Waals surface area (Å²) in [5.41, 5.74) is -2.80. The van der Waals surface area contributed by atoms with Crippen molar-refractivity contribution in [2.45, 2.75) is 36.1 Å². The van der Waals surface area contributed by atoms with Gasteiger partial charge in [-0.3, -0.25) is 13.9 Å². The van der Waals surface area contributed by atoms with Gasteiger partial charge in [-0.1, -0.05) is 30.5 Å². The van der Waals surface area contributed by atoms with Gasteiger partial charge in [0.05, 0.1) is 21.1 Å². The molecule has 1 fully saturated rings. The SMILES string of the molecule is CN(C)Sc1c(Cl)ccc(Nc2c(NC3(c4c(F)cccc4F)CCCC3)c(=O)c2=O)c1O. The Bertz CT molecular complexity index is 1260. The Kier molecular flexibility index (Phi) is 6.39. The Morgan fingerprint density at radius 1 is 1.03 bits per heavy atom. The number of nitrogens with zero attached hydrogens (tertiary/aromatic N) is 1. The number of phenols is 1. The van der Waals surface area contributed by atoms with Crippen molar-refractivity contribution < 1.29 is 13.9 Å². The average Bonchev–Trinajstić information content (AvgIpc) is 3.23. The quantitative estimate of drug-likeness (QED) is 0.239. The van der Waals surface area contributed by atoms with E-state index in [2.05, 4.69) is 10.6 Å².